The van der Waals surface area contributed by atoms with E-state index in [2.05, 4.69) is 15.5 Å². The number of ether oxygens (including phenoxy) is 1. The van der Waals surface area contributed by atoms with Gasteiger partial charge in [-0.05, 0) is 55.3 Å². The third-order valence-corrected chi connectivity index (χ3v) is 5.87. The van der Waals surface area contributed by atoms with Gasteiger partial charge in [-0.2, -0.15) is 10.2 Å². The number of aryl methyl sites for hydroxylation is 2. The Labute approximate surface area is 199 Å². The molecule has 10 heteroatoms. The summed E-state index contributed by atoms with van der Waals surface area (Å²) < 4.78 is 22.7. The van der Waals surface area contributed by atoms with Crippen molar-refractivity contribution in [3.63, 3.8) is 0 Å². The van der Waals surface area contributed by atoms with Gasteiger partial charge in [-0.25, -0.2) is 9.07 Å². The SMILES string of the molecule is Cc1cc(OCn2ccc(C(=O)Nc3cnn(Cc4c(F)cccc4Cl)c3)n2)cc(C)c1Cl. The van der Waals surface area contributed by atoms with Crippen molar-refractivity contribution in [1.29, 1.82) is 0 Å². The number of rotatable bonds is 7. The number of amides is 1. The molecule has 0 radical (unpaired) electrons. The van der Waals surface area contributed by atoms with Gasteiger partial charge in [0.05, 0.1) is 18.4 Å². The lowest BCUT2D eigenvalue weighted by Gasteiger charge is -2.10. The van der Waals surface area contributed by atoms with Gasteiger partial charge in [-0.15, -0.1) is 0 Å². The molecule has 1 N–H and O–H groups in total. The van der Waals surface area contributed by atoms with Gasteiger partial charge in [0.2, 0.25) is 0 Å². The first-order chi connectivity index (χ1) is 15.8. The van der Waals surface area contributed by atoms with Crippen LogP contribution in [0.4, 0.5) is 10.1 Å². The maximum atomic E-state index is 14.0. The molecule has 2 heterocycles. The standard InChI is InChI=1S/C23H20Cl2FN5O2/c1-14-8-17(9-15(2)22(14)25)33-13-30-7-6-21(29-30)23(32)28-16-10-27-31(11-16)12-18-19(24)4-3-5-20(18)26/h3-11H,12-13H2,1-2H3,(H,28,32). The van der Waals surface area contributed by atoms with Crippen LogP contribution in [0.5, 0.6) is 5.75 Å². The fourth-order valence-corrected chi connectivity index (χ4v) is 3.57. The van der Waals surface area contributed by atoms with Crippen LogP contribution in [0.2, 0.25) is 10.0 Å². The largest absolute Gasteiger partial charge is 0.471 e. The molecule has 0 fully saturated rings. The number of nitrogens with zero attached hydrogens (tertiary/aromatic N) is 4. The van der Waals surface area contributed by atoms with Crippen molar-refractivity contribution in [1.82, 2.24) is 19.6 Å². The van der Waals surface area contributed by atoms with E-state index in [-0.39, 0.29) is 19.0 Å². The van der Waals surface area contributed by atoms with Crippen molar-refractivity contribution in [3.05, 3.63) is 93.2 Å². The first kappa shape index (κ1) is 22.8. The summed E-state index contributed by atoms with van der Waals surface area (Å²) in [4.78, 5) is 12.5. The van der Waals surface area contributed by atoms with Gasteiger partial charge in [0.15, 0.2) is 12.4 Å². The van der Waals surface area contributed by atoms with Gasteiger partial charge in [0.1, 0.15) is 11.6 Å². The molecule has 7 nitrogen and oxygen atoms in total. The summed E-state index contributed by atoms with van der Waals surface area (Å²) >= 11 is 12.2. The van der Waals surface area contributed by atoms with Gasteiger partial charge in [0.25, 0.3) is 5.91 Å². The minimum absolute atomic E-state index is 0.134. The molecule has 0 aliphatic carbocycles. The Balaban J connectivity index is 1.36. The third kappa shape index (κ3) is 5.35. The molecule has 0 spiro atoms. The van der Waals surface area contributed by atoms with Gasteiger partial charge in [0, 0.05) is 28.0 Å². The molecule has 0 saturated heterocycles. The summed E-state index contributed by atoms with van der Waals surface area (Å²) in [6.45, 7) is 4.09. The first-order valence-corrected chi connectivity index (χ1v) is 10.8. The van der Waals surface area contributed by atoms with E-state index in [1.54, 1.807) is 24.5 Å². The van der Waals surface area contributed by atoms with Crippen molar-refractivity contribution >= 4 is 34.8 Å². The van der Waals surface area contributed by atoms with Crippen LogP contribution in [0.25, 0.3) is 0 Å². The molecule has 0 unspecified atom stereocenters. The van der Waals surface area contributed by atoms with Crippen LogP contribution in [0, 0.1) is 19.7 Å². The Morgan fingerprint density at radius 1 is 1.15 bits per heavy atom. The lowest BCUT2D eigenvalue weighted by molar-refractivity contribution is 0.102. The van der Waals surface area contributed by atoms with Gasteiger partial charge in [-0.1, -0.05) is 29.3 Å². The van der Waals surface area contributed by atoms with E-state index < -0.39 is 11.7 Å². The zero-order valence-corrected chi connectivity index (χ0v) is 19.4. The maximum absolute atomic E-state index is 14.0. The Morgan fingerprint density at radius 3 is 2.64 bits per heavy atom. The molecular weight excluding hydrogens is 468 g/mol. The van der Waals surface area contributed by atoms with Crippen LogP contribution >= 0.6 is 23.2 Å². The predicted octanol–water partition coefficient (Wildman–Crippen LogP) is 5.48. The summed E-state index contributed by atoms with van der Waals surface area (Å²) in [5.74, 6) is -0.158. The molecule has 0 aliphatic heterocycles. The average Bonchev–Trinajstić information content (AvgIpc) is 3.43. The number of nitrogens with one attached hydrogen (secondary N) is 1. The normalized spacial score (nSPS) is 10.9. The summed E-state index contributed by atoms with van der Waals surface area (Å²) in [5, 5.41) is 12.1. The lowest BCUT2D eigenvalue weighted by atomic mass is 10.1. The minimum Gasteiger partial charge on any atom is -0.471 e. The molecule has 1 amide bonds. The van der Waals surface area contributed by atoms with E-state index in [4.69, 9.17) is 27.9 Å². The lowest BCUT2D eigenvalue weighted by Crippen LogP contribution is -2.14. The molecule has 33 heavy (non-hydrogen) atoms. The Bertz CT molecular complexity index is 1270. The number of hydrogen-bond acceptors (Lipinski definition) is 4. The number of hydrogen-bond donors (Lipinski definition) is 1. The second-order valence-electron chi connectivity index (χ2n) is 7.47. The van der Waals surface area contributed by atoms with Crippen LogP contribution in [0.3, 0.4) is 0 Å². The van der Waals surface area contributed by atoms with E-state index in [1.807, 2.05) is 26.0 Å². The minimum atomic E-state index is -0.416. The molecule has 0 bridgehead atoms. The van der Waals surface area contributed by atoms with Crippen molar-refractivity contribution in [2.45, 2.75) is 27.1 Å². The molecule has 2 aromatic carbocycles. The maximum Gasteiger partial charge on any atom is 0.276 e. The molecule has 170 valence electrons. The van der Waals surface area contributed by atoms with Crippen molar-refractivity contribution in [3.8, 4) is 5.75 Å². The highest BCUT2D eigenvalue weighted by atomic mass is 35.5. The van der Waals surface area contributed by atoms with Crippen molar-refractivity contribution in [2.24, 2.45) is 0 Å². The van der Waals surface area contributed by atoms with E-state index >= 15 is 0 Å². The third-order valence-electron chi connectivity index (χ3n) is 4.92. The van der Waals surface area contributed by atoms with Gasteiger partial charge < -0.3 is 10.1 Å². The molecule has 0 aliphatic rings. The van der Waals surface area contributed by atoms with Crippen LogP contribution in [0.1, 0.15) is 27.2 Å². The Morgan fingerprint density at radius 2 is 1.91 bits per heavy atom. The van der Waals surface area contributed by atoms with Gasteiger partial charge in [-0.3, -0.25) is 9.48 Å². The van der Waals surface area contributed by atoms with Gasteiger partial charge >= 0.3 is 0 Å². The number of halogens is 3. The van der Waals surface area contributed by atoms with Crippen LogP contribution in [-0.4, -0.2) is 25.5 Å². The zero-order chi connectivity index (χ0) is 23.5. The molecule has 4 aromatic rings. The summed E-state index contributed by atoms with van der Waals surface area (Å²) in [5.41, 5.74) is 2.83. The number of carbonyl (C=O) groups is 1. The molecule has 4 rings (SSSR count). The monoisotopic (exact) mass is 487 g/mol. The number of anilines is 1. The smallest absolute Gasteiger partial charge is 0.276 e. The van der Waals surface area contributed by atoms with E-state index in [0.717, 1.165) is 11.1 Å². The summed E-state index contributed by atoms with van der Waals surface area (Å²) in [6.07, 6.45) is 4.71. The fourth-order valence-electron chi connectivity index (χ4n) is 3.24. The van der Waals surface area contributed by atoms with Crippen LogP contribution < -0.4 is 10.1 Å². The van der Waals surface area contributed by atoms with Crippen LogP contribution in [-0.2, 0) is 13.3 Å². The van der Waals surface area contributed by atoms with Crippen molar-refractivity contribution < 1.29 is 13.9 Å². The highest BCUT2D eigenvalue weighted by molar-refractivity contribution is 6.32. The molecular formula is C23H20Cl2FN5O2. The number of carbonyl (C=O) groups excluding carboxylic acids is 1. The first-order valence-electron chi connectivity index (χ1n) is 10.00. The van der Waals surface area contributed by atoms with E-state index in [0.29, 0.717) is 27.0 Å². The number of benzene rings is 2. The highest BCUT2D eigenvalue weighted by Crippen LogP contribution is 2.26. The predicted molar refractivity (Wildman–Crippen MR) is 124 cm³/mol. The Hall–Kier alpha value is -3.36. The quantitative estimate of drug-likeness (QED) is 0.374. The fraction of sp³-hybridized carbons (Fsp3) is 0.174. The summed E-state index contributed by atoms with van der Waals surface area (Å²) in [7, 11) is 0. The molecule has 2 aromatic heterocycles. The topological polar surface area (TPSA) is 74.0 Å². The molecule has 0 atom stereocenters. The summed E-state index contributed by atoms with van der Waals surface area (Å²) in [6, 6.07) is 9.76. The highest BCUT2D eigenvalue weighted by Gasteiger charge is 2.13. The number of aromatic nitrogens is 4. The average molecular weight is 488 g/mol. The zero-order valence-electron chi connectivity index (χ0n) is 17.8. The molecule has 0 saturated carbocycles. The second-order valence-corrected chi connectivity index (χ2v) is 8.25. The van der Waals surface area contributed by atoms with E-state index in [9.17, 15) is 9.18 Å². The van der Waals surface area contributed by atoms with E-state index in [1.165, 1.54) is 27.7 Å². The Kier molecular flexibility index (Phi) is 6.67. The van der Waals surface area contributed by atoms with Crippen molar-refractivity contribution in [2.75, 3.05) is 5.32 Å². The van der Waals surface area contributed by atoms with Crippen LogP contribution in [0.15, 0.2) is 55.0 Å². The second kappa shape index (κ2) is 9.64.